The molecule has 0 fully saturated rings. The van der Waals surface area contributed by atoms with Crippen molar-refractivity contribution in [3.63, 3.8) is 0 Å². The van der Waals surface area contributed by atoms with E-state index in [1.807, 2.05) is 0 Å². The average molecular weight is 361 g/mol. The van der Waals surface area contributed by atoms with Crippen LogP contribution in [-0.4, -0.2) is 71.1 Å². The van der Waals surface area contributed by atoms with Gasteiger partial charge in [0.05, 0.1) is 52.9 Å². The third kappa shape index (κ3) is 23.1. The summed E-state index contributed by atoms with van der Waals surface area (Å²) in [6, 6.07) is 0. The second kappa shape index (κ2) is 23.1. The molecule has 0 rings (SSSR count). The minimum absolute atomic E-state index is 0.0449. The van der Waals surface area contributed by atoms with Crippen LogP contribution >= 0.6 is 0 Å². The predicted octanol–water partition coefficient (Wildman–Crippen LogP) is 3.09. The van der Waals surface area contributed by atoms with Gasteiger partial charge >= 0.3 is 0 Å². The monoisotopic (exact) mass is 361 g/mol. The van der Waals surface area contributed by atoms with E-state index in [0.717, 1.165) is 25.9 Å². The Labute approximate surface area is 151 Å². The highest BCUT2D eigenvalue weighted by atomic mass is 16.6. The van der Waals surface area contributed by atoms with Crippen molar-refractivity contribution in [1.82, 2.24) is 0 Å². The van der Waals surface area contributed by atoms with Gasteiger partial charge in [-0.3, -0.25) is 0 Å². The maximum Gasteiger partial charge on any atom is 0.0701 e. The first-order valence-corrected chi connectivity index (χ1v) is 9.34. The van der Waals surface area contributed by atoms with Crippen molar-refractivity contribution in [2.24, 2.45) is 5.11 Å². The normalized spacial score (nSPS) is 10.8. The van der Waals surface area contributed by atoms with E-state index in [0.29, 0.717) is 52.8 Å². The van der Waals surface area contributed by atoms with Gasteiger partial charge in [-0.15, -0.1) is 0 Å². The zero-order valence-corrected chi connectivity index (χ0v) is 15.4. The van der Waals surface area contributed by atoms with Crippen LogP contribution in [-0.2, 0) is 18.9 Å². The van der Waals surface area contributed by atoms with Gasteiger partial charge in [0, 0.05) is 18.1 Å². The van der Waals surface area contributed by atoms with Gasteiger partial charge in [-0.25, -0.2) is 0 Å². The lowest BCUT2D eigenvalue weighted by Gasteiger charge is -2.07. The third-order valence-electron chi connectivity index (χ3n) is 3.46. The second-order valence-electron chi connectivity index (χ2n) is 5.60. The first kappa shape index (κ1) is 24.1. The van der Waals surface area contributed by atoms with Crippen molar-refractivity contribution in [2.45, 2.75) is 44.9 Å². The molecule has 0 aromatic carbocycles. The molecule has 0 amide bonds. The molecule has 0 atom stereocenters. The van der Waals surface area contributed by atoms with Crippen molar-refractivity contribution in [3.05, 3.63) is 10.4 Å². The topological polar surface area (TPSA) is 106 Å². The molecule has 0 heterocycles. The highest BCUT2D eigenvalue weighted by molar-refractivity contribution is 4.50. The summed E-state index contributed by atoms with van der Waals surface area (Å²) in [7, 11) is 0. The van der Waals surface area contributed by atoms with Gasteiger partial charge in [-0.1, -0.05) is 37.2 Å². The van der Waals surface area contributed by atoms with E-state index in [4.69, 9.17) is 29.6 Å². The van der Waals surface area contributed by atoms with E-state index in [2.05, 4.69) is 10.0 Å². The lowest BCUT2D eigenvalue weighted by Crippen LogP contribution is -2.12. The van der Waals surface area contributed by atoms with E-state index in [-0.39, 0.29) is 6.61 Å². The van der Waals surface area contributed by atoms with Gasteiger partial charge in [0.25, 0.3) is 0 Å². The van der Waals surface area contributed by atoms with Gasteiger partial charge in [-0.2, -0.15) is 0 Å². The quantitative estimate of drug-likeness (QED) is 0.146. The summed E-state index contributed by atoms with van der Waals surface area (Å²) >= 11 is 0. The molecule has 0 saturated carbocycles. The first-order valence-electron chi connectivity index (χ1n) is 9.34. The average Bonchev–Trinajstić information content (AvgIpc) is 2.63. The van der Waals surface area contributed by atoms with E-state index < -0.39 is 0 Å². The number of azide groups is 1. The summed E-state index contributed by atoms with van der Waals surface area (Å²) in [6.07, 6.45) is 8.12. The predicted molar refractivity (Wildman–Crippen MR) is 96.7 cm³/mol. The molecule has 0 bridgehead atoms. The van der Waals surface area contributed by atoms with E-state index in [1.165, 1.54) is 25.7 Å². The number of hydrogen-bond donors (Lipinski definition) is 1. The summed E-state index contributed by atoms with van der Waals surface area (Å²) in [5, 5.41) is 12.0. The van der Waals surface area contributed by atoms with Gasteiger partial charge in [0.15, 0.2) is 0 Å². The van der Waals surface area contributed by atoms with E-state index >= 15 is 0 Å². The zero-order valence-electron chi connectivity index (χ0n) is 15.4. The molecule has 0 aliphatic rings. The molecular formula is C17H35N3O5. The van der Waals surface area contributed by atoms with Gasteiger partial charge in [0.2, 0.25) is 0 Å². The highest BCUT2D eigenvalue weighted by Gasteiger charge is 1.94. The number of aliphatic hydroxyl groups excluding tert-OH is 1. The van der Waals surface area contributed by atoms with Crippen LogP contribution in [0.2, 0.25) is 0 Å². The summed E-state index contributed by atoms with van der Waals surface area (Å²) < 4.78 is 21.3. The number of rotatable bonds is 21. The second-order valence-corrected chi connectivity index (χ2v) is 5.60. The Bertz CT molecular complexity index is 302. The number of ether oxygens (including phenoxy) is 4. The van der Waals surface area contributed by atoms with Crippen LogP contribution in [0, 0.1) is 0 Å². The smallest absolute Gasteiger partial charge is 0.0701 e. The fourth-order valence-electron chi connectivity index (χ4n) is 2.14. The Balaban J connectivity index is 2.97. The molecule has 0 saturated heterocycles. The van der Waals surface area contributed by atoms with Crippen molar-refractivity contribution in [1.29, 1.82) is 0 Å². The standard InChI is InChI=1S/C17H35N3O5/c18-20-19-8-6-4-2-1-3-5-7-10-22-12-14-24-16-17-25-15-13-23-11-9-21/h21H,1-17H2. The third-order valence-corrected chi connectivity index (χ3v) is 3.46. The van der Waals surface area contributed by atoms with Crippen LogP contribution < -0.4 is 0 Å². The Hall–Kier alpha value is -0.890. The Kier molecular flexibility index (Phi) is 22.3. The molecule has 0 aromatic heterocycles. The molecular weight excluding hydrogens is 326 g/mol. The molecule has 25 heavy (non-hydrogen) atoms. The van der Waals surface area contributed by atoms with Gasteiger partial charge < -0.3 is 24.1 Å². The fourth-order valence-corrected chi connectivity index (χ4v) is 2.14. The van der Waals surface area contributed by atoms with E-state index in [1.54, 1.807) is 0 Å². The molecule has 1 N–H and O–H groups in total. The van der Waals surface area contributed by atoms with Crippen molar-refractivity contribution in [3.8, 4) is 0 Å². The molecule has 148 valence electrons. The van der Waals surface area contributed by atoms with Crippen molar-refractivity contribution in [2.75, 3.05) is 66.0 Å². The highest BCUT2D eigenvalue weighted by Crippen LogP contribution is 2.07. The molecule has 0 radical (unpaired) electrons. The van der Waals surface area contributed by atoms with Crippen LogP contribution in [0.25, 0.3) is 10.4 Å². The largest absolute Gasteiger partial charge is 0.394 e. The summed E-state index contributed by atoms with van der Waals surface area (Å²) in [5.41, 5.74) is 8.15. The lowest BCUT2D eigenvalue weighted by atomic mass is 10.1. The molecule has 0 aromatic rings. The van der Waals surface area contributed by atoms with Crippen LogP contribution in [0.4, 0.5) is 0 Å². The SMILES string of the molecule is [N-]=[N+]=NCCCCCCCCCOCCOCCOCCOCCO. The minimum atomic E-state index is 0.0449. The summed E-state index contributed by atoms with van der Waals surface area (Å²) in [6.45, 7) is 5.16. The molecule has 0 aliphatic carbocycles. The lowest BCUT2D eigenvalue weighted by molar-refractivity contribution is -0.00577. The zero-order chi connectivity index (χ0) is 18.3. The molecule has 0 aliphatic heterocycles. The van der Waals surface area contributed by atoms with Crippen LogP contribution in [0.3, 0.4) is 0 Å². The van der Waals surface area contributed by atoms with Gasteiger partial charge in [0.1, 0.15) is 0 Å². The number of unbranched alkanes of at least 4 members (excludes halogenated alkanes) is 6. The van der Waals surface area contributed by atoms with Crippen molar-refractivity contribution < 1.29 is 24.1 Å². The van der Waals surface area contributed by atoms with Crippen LogP contribution in [0.15, 0.2) is 5.11 Å². The van der Waals surface area contributed by atoms with Crippen LogP contribution in [0.5, 0.6) is 0 Å². The van der Waals surface area contributed by atoms with E-state index in [9.17, 15) is 0 Å². The maximum atomic E-state index is 8.52. The Morgan fingerprint density at radius 1 is 0.600 bits per heavy atom. The van der Waals surface area contributed by atoms with Gasteiger partial charge in [-0.05, 0) is 18.4 Å². The summed E-state index contributed by atoms with van der Waals surface area (Å²) in [4.78, 5) is 2.74. The molecule has 0 unspecified atom stereocenters. The minimum Gasteiger partial charge on any atom is -0.394 e. The molecule has 8 nitrogen and oxygen atoms in total. The number of aliphatic hydroxyl groups is 1. The Morgan fingerprint density at radius 3 is 1.56 bits per heavy atom. The van der Waals surface area contributed by atoms with Crippen molar-refractivity contribution >= 4 is 0 Å². The number of nitrogens with zero attached hydrogens (tertiary/aromatic N) is 3. The number of hydrogen-bond acceptors (Lipinski definition) is 6. The first-order chi connectivity index (χ1) is 12.4. The fraction of sp³-hybridized carbons (Fsp3) is 1.00. The Morgan fingerprint density at radius 2 is 1.04 bits per heavy atom. The summed E-state index contributed by atoms with van der Waals surface area (Å²) in [5.74, 6) is 0. The maximum absolute atomic E-state index is 8.52. The van der Waals surface area contributed by atoms with Crippen LogP contribution in [0.1, 0.15) is 44.9 Å². The molecule has 8 heteroatoms. The molecule has 0 spiro atoms.